The molecule has 0 spiro atoms. The molecule has 0 N–H and O–H groups in total. The second kappa shape index (κ2) is 8.97. The van der Waals surface area contributed by atoms with Gasteiger partial charge in [0.05, 0.1) is 5.56 Å². The monoisotopic (exact) mass is 387 g/mol. The molecule has 27 heavy (non-hydrogen) atoms. The first-order valence-electron chi connectivity index (χ1n) is 8.74. The lowest BCUT2D eigenvalue weighted by Gasteiger charge is -2.21. The Balaban J connectivity index is 1.67. The average Bonchev–Trinajstić information content (AvgIpc) is 3.11. The minimum absolute atomic E-state index is 0.0790. The average molecular weight is 387 g/mol. The van der Waals surface area contributed by atoms with Crippen LogP contribution in [0.2, 0.25) is 0 Å². The van der Waals surface area contributed by atoms with Gasteiger partial charge in [0.15, 0.2) is 0 Å². The van der Waals surface area contributed by atoms with E-state index in [1.54, 1.807) is 13.3 Å². The molecule has 1 unspecified atom stereocenters. The first-order valence-corrected chi connectivity index (χ1v) is 9.73. The molecule has 1 atom stereocenters. The molecule has 0 aromatic carbocycles. The van der Waals surface area contributed by atoms with E-state index in [4.69, 9.17) is 9.26 Å². The van der Waals surface area contributed by atoms with Gasteiger partial charge in [0.2, 0.25) is 11.8 Å². The van der Waals surface area contributed by atoms with E-state index in [-0.39, 0.29) is 17.5 Å². The fraction of sp³-hybridized carbons (Fsp3) is 0.500. The van der Waals surface area contributed by atoms with Crippen molar-refractivity contribution in [2.24, 2.45) is 10.9 Å². The molecule has 9 heteroatoms. The van der Waals surface area contributed by atoms with Crippen LogP contribution in [0.1, 0.15) is 30.2 Å². The third-order valence-corrected chi connectivity index (χ3v) is 5.29. The zero-order valence-electron chi connectivity index (χ0n) is 15.3. The van der Waals surface area contributed by atoms with E-state index in [1.165, 1.54) is 16.4 Å². The van der Waals surface area contributed by atoms with Crippen LogP contribution in [0.4, 0.5) is 5.88 Å². The normalized spacial score (nSPS) is 16.8. The quantitative estimate of drug-likeness (QED) is 0.303. The van der Waals surface area contributed by atoms with Crippen LogP contribution < -0.4 is 9.79 Å². The van der Waals surface area contributed by atoms with Crippen LogP contribution in [0, 0.1) is 17.2 Å². The first kappa shape index (κ1) is 19.3. The molecule has 2 aromatic rings. The minimum atomic E-state index is -0.368. The van der Waals surface area contributed by atoms with Gasteiger partial charge in [-0.25, -0.2) is 9.98 Å². The molecule has 0 radical (unpaired) electrons. The van der Waals surface area contributed by atoms with Crippen molar-refractivity contribution >= 4 is 23.5 Å². The molecule has 1 aliphatic carbocycles. The number of methoxy groups -OCH3 is 1. The van der Waals surface area contributed by atoms with Crippen molar-refractivity contribution < 1.29 is 19.0 Å². The van der Waals surface area contributed by atoms with Gasteiger partial charge in [0.1, 0.15) is 17.7 Å². The number of thioether (sulfide) groups is 1. The van der Waals surface area contributed by atoms with Crippen LogP contribution in [-0.2, 0) is 24.1 Å². The Morgan fingerprint density at radius 1 is 1.59 bits per heavy atom. The fourth-order valence-corrected chi connectivity index (χ4v) is 3.67. The standard InChI is InChI=1S/C18H21N5O3S/c1-12-3-4-15-13(7-12)8-14(9-19)18(20-15)27-11-16(24)21-17-10-23(22-26-17)5-6-25-2/h8,10,12H,3-7,11H2,1-2H3. The number of aryl methyl sites for hydroxylation is 1. The number of aliphatic imine (C=N–C) groups is 1. The zero-order chi connectivity index (χ0) is 19.2. The number of nitriles is 1. The Bertz CT molecular complexity index is 874. The Morgan fingerprint density at radius 3 is 3.22 bits per heavy atom. The lowest BCUT2D eigenvalue weighted by atomic mass is 9.87. The largest absolute Gasteiger partial charge is 0.861 e. The summed E-state index contributed by atoms with van der Waals surface area (Å²) in [4.78, 5) is 8.52. The third-order valence-electron chi connectivity index (χ3n) is 4.31. The highest BCUT2D eigenvalue weighted by atomic mass is 32.2. The van der Waals surface area contributed by atoms with E-state index in [0.29, 0.717) is 29.7 Å². The van der Waals surface area contributed by atoms with E-state index in [1.807, 2.05) is 6.07 Å². The van der Waals surface area contributed by atoms with Gasteiger partial charge in [0, 0.05) is 18.6 Å². The molecule has 1 aliphatic rings. The highest BCUT2D eigenvalue weighted by Gasteiger charge is 2.19. The Morgan fingerprint density at radius 2 is 2.44 bits per heavy atom. The number of nitrogens with zero attached hydrogens (tertiary/aromatic N) is 5. The summed E-state index contributed by atoms with van der Waals surface area (Å²) < 4.78 is 11.5. The minimum Gasteiger partial charge on any atom is -0.861 e. The second-order valence-corrected chi connectivity index (χ2v) is 7.46. The number of pyridine rings is 1. The summed E-state index contributed by atoms with van der Waals surface area (Å²) >= 11 is 1.23. The van der Waals surface area contributed by atoms with Crippen LogP contribution in [0.25, 0.3) is 0 Å². The van der Waals surface area contributed by atoms with Gasteiger partial charge in [-0.05, 0) is 47.4 Å². The summed E-state index contributed by atoms with van der Waals surface area (Å²) in [5, 5.41) is 25.9. The maximum Gasteiger partial charge on any atom is 0.320 e. The molecule has 0 aliphatic heterocycles. The molecule has 2 aromatic heterocycles. The summed E-state index contributed by atoms with van der Waals surface area (Å²) in [5.41, 5.74) is 2.69. The van der Waals surface area contributed by atoms with Crippen molar-refractivity contribution in [2.75, 3.05) is 19.5 Å². The Kier molecular flexibility index (Phi) is 6.42. The highest BCUT2D eigenvalue weighted by Crippen LogP contribution is 2.29. The van der Waals surface area contributed by atoms with Gasteiger partial charge < -0.3 is 9.84 Å². The predicted molar refractivity (Wildman–Crippen MR) is 96.5 cm³/mol. The molecule has 2 heterocycles. The van der Waals surface area contributed by atoms with Gasteiger partial charge in [-0.15, -0.1) is 0 Å². The molecule has 0 saturated carbocycles. The summed E-state index contributed by atoms with van der Waals surface area (Å²) in [6.45, 7) is 3.21. The topological polar surface area (TPSA) is 111 Å². The molecule has 8 nitrogen and oxygen atoms in total. The van der Waals surface area contributed by atoms with Crippen LogP contribution >= 0.6 is 11.8 Å². The van der Waals surface area contributed by atoms with E-state index < -0.39 is 0 Å². The molecular formula is C18H21N5O3S. The van der Waals surface area contributed by atoms with E-state index in [9.17, 15) is 10.4 Å². The summed E-state index contributed by atoms with van der Waals surface area (Å²) in [5.74, 6) is 0.463. The summed E-state index contributed by atoms with van der Waals surface area (Å²) in [6.07, 6.45) is 4.50. The Hall–Kier alpha value is -2.44. The highest BCUT2D eigenvalue weighted by molar-refractivity contribution is 7.99. The van der Waals surface area contributed by atoms with Crippen LogP contribution in [0.5, 0.6) is 0 Å². The second-order valence-electron chi connectivity index (χ2n) is 6.50. The number of hydrogen-bond acceptors (Lipinski definition) is 8. The van der Waals surface area contributed by atoms with Crippen molar-refractivity contribution in [3.05, 3.63) is 29.1 Å². The van der Waals surface area contributed by atoms with E-state index >= 15 is 0 Å². The molecule has 3 rings (SSSR count). The molecule has 0 amide bonds. The van der Waals surface area contributed by atoms with E-state index in [0.717, 1.165) is 30.5 Å². The summed E-state index contributed by atoms with van der Waals surface area (Å²) in [7, 11) is 1.59. The smallest absolute Gasteiger partial charge is 0.320 e. The van der Waals surface area contributed by atoms with Gasteiger partial charge in [0.25, 0.3) is 6.20 Å². The first-order chi connectivity index (χ1) is 13.1. The lowest BCUT2D eigenvalue weighted by Crippen LogP contribution is -2.36. The zero-order valence-corrected chi connectivity index (χ0v) is 16.2. The number of ether oxygens (including phenoxy) is 1. The lowest BCUT2D eigenvalue weighted by molar-refractivity contribution is -0.763. The van der Waals surface area contributed by atoms with Crippen molar-refractivity contribution in [3.63, 3.8) is 0 Å². The van der Waals surface area contributed by atoms with Crippen LogP contribution in [-0.4, -0.2) is 35.6 Å². The predicted octanol–water partition coefficient (Wildman–Crippen LogP) is 1.18. The third kappa shape index (κ3) is 5.05. The van der Waals surface area contributed by atoms with Gasteiger partial charge in [-0.1, -0.05) is 18.7 Å². The molecule has 0 fully saturated rings. The van der Waals surface area contributed by atoms with Crippen molar-refractivity contribution in [2.45, 2.75) is 37.8 Å². The van der Waals surface area contributed by atoms with E-state index in [2.05, 4.69) is 28.2 Å². The number of fused-ring (bicyclic) bond motifs is 1. The fourth-order valence-electron chi connectivity index (χ4n) is 2.91. The maximum absolute atomic E-state index is 12.1. The van der Waals surface area contributed by atoms with Crippen molar-refractivity contribution in [1.29, 1.82) is 5.26 Å². The molecule has 0 saturated heterocycles. The Labute approximate surface area is 161 Å². The van der Waals surface area contributed by atoms with Crippen molar-refractivity contribution in [3.8, 4) is 6.07 Å². The van der Waals surface area contributed by atoms with Crippen LogP contribution in [0.3, 0.4) is 0 Å². The van der Waals surface area contributed by atoms with Gasteiger partial charge in [-0.3, -0.25) is 4.52 Å². The number of rotatable bonds is 7. The molecule has 0 bridgehead atoms. The van der Waals surface area contributed by atoms with Gasteiger partial charge >= 0.3 is 5.88 Å². The van der Waals surface area contributed by atoms with Crippen molar-refractivity contribution in [1.82, 2.24) is 10.3 Å². The molecular weight excluding hydrogens is 366 g/mol. The van der Waals surface area contributed by atoms with Gasteiger partial charge in [-0.2, -0.15) is 5.26 Å². The SMILES string of the molecule is COCC[n+]1cc(/N=C(\[O-])CSc2nc3c(cc2C#N)CC(C)CC3)on1. The maximum atomic E-state index is 12.1. The number of hydrogen-bond donors (Lipinski definition) is 0. The number of aromatic nitrogens is 3. The summed E-state index contributed by atoms with van der Waals surface area (Å²) in [6, 6.07) is 4.10. The van der Waals surface area contributed by atoms with Crippen LogP contribution in [0.15, 0.2) is 26.8 Å². The molecule has 142 valence electrons.